The Bertz CT molecular complexity index is 582. The average molecular weight is 337 g/mol. The van der Waals surface area contributed by atoms with Gasteiger partial charge in [0.15, 0.2) is 0 Å². The van der Waals surface area contributed by atoms with Crippen molar-refractivity contribution >= 4 is 28.2 Å². The van der Waals surface area contributed by atoms with Gasteiger partial charge in [-0.15, -0.1) is 11.3 Å². The van der Waals surface area contributed by atoms with E-state index in [1.165, 1.54) is 17.4 Å². The van der Waals surface area contributed by atoms with Crippen molar-refractivity contribution in [1.29, 1.82) is 0 Å². The number of hydrogen-bond donors (Lipinski definition) is 1. The Morgan fingerprint density at radius 3 is 2.57 bits per heavy atom. The fraction of sp³-hybridized carbons (Fsp3) is 0.556. The second kappa shape index (κ2) is 8.29. The van der Waals surface area contributed by atoms with Crippen molar-refractivity contribution < 1.29 is 14.3 Å². The van der Waals surface area contributed by atoms with E-state index >= 15 is 0 Å². The summed E-state index contributed by atoms with van der Waals surface area (Å²) in [5.74, 6) is -0.329. The van der Waals surface area contributed by atoms with Gasteiger partial charge in [-0.3, -0.25) is 4.79 Å². The van der Waals surface area contributed by atoms with E-state index in [9.17, 15) is 9.59 Å². The second-order valence-electron chi connectivity index (χ2n) is 6.77. The number of ether oxygens (including phenoxy) is 1. The molecule has 0 aliphatic carbocycles. The first-order valence-corrected chi connectivity index (χ1v) is 8.74. The van der Waals surface area contributed by atoms with Crippen LogP contribution in [0.1, 0.15) is 69.1 Å². The topological polar surface area (TPSA) is 55.4 Å². The Hall–Kier alpha value is -1.62. The van der Waals surface area contributed by atoms with Crippen molar-refractivity contribution in [2.24, 2.45) is 5.41 Å². The molecule has 0 aliphatic rings. The van der Waals surface area contributed by atoms with E-state index in [0.29, 0.717) is 23.1 Å². The average Bonchev–Trinajstić information content (AvgIpc) is 2.81. The molecule has 1 N–H and O–H groups in total. The fourth-order valence-electron chi connectivity index (χ4n) is 2.43. The number of allylic oxidation sites excluding steroid dienone is 1. The number of carbonyl (C=O) groups is 2. The van der Waals surface area contributed by atoms with Gasteiger partial charge in [-0.1, -0.05) is 33.8 Å². The first kappa shape index (κ1) is 19.4. The van der Waals surface area contributed by atoms with Gasteiger partial charge in [-0.05, 0) is 43.7 Å². The van der Waals surface area contributed by atoms with Gasteiger partial charge in [0, 0.05) is 4.88 Å². The van der Waals surface area contributed by atoms with Crippen molar-refractivity contribution in [2.45, 2.75) is 53.9 Å². The van der Waals surface area contributed by atoms with Crippen molar-refractivity contribution in [1.82, 2.24) is 0 Å². The van der Waals surface area contributed by atoms with E-state index in [2.05, 4.69) is 33.0 Å². The first-order chi connectivity index (χ1) is 10.7. The van der Waals surface area contributed by atoms with Crippen LogP contribution in [0.25, 0.3) is 0 Å². The van der Waals surface area contributed by atoms with Gasteiger partial charge >= 0.3 is 5.97 Å². The number of thiophene rings is 1. The van der Waals surface area contributed by atoms with Crippen LogP contribution in [0.4, 0.5) is 5.00 Å². The summed E-state index contributed by atoms with van der Waals surface area (Å²) in [6.07, 6.45) is 4.10. The summed E-state index contributed by atoms with van der Waals surface area (Å²) in [5, 5.41) is 3.34. The molecule has 1 atom stereocenters. The van der Waals surface area contributed by atoms with Gasteiger partial charge in [-0.25, -0.2) is 4.79 Å². The van der Waals surface area contributed by atoms with Gasteiger partial charge in [-0.2, -0.15) is 0 Å². The number of nitrogens with one attached hydrogen (secondary N) is 1. The highest BCUT2D eigenvalue weighted by Gasteiger charge is 2.23. The van der Waals surface area contributed by atoms with E-state index in [1.807, 2.05) is 6.07 Å². The second-order valence-corrected chi connectivity index (χ2v) is 7.85. The minimum atomic E-state index is -0.395. The summed E-state index contributed by atoms with van der Waals surface area (Å²) < 4.78 is 5.10. The van der Waals surface area contributed by atoms with Gasteiger partial charge in [0.05, 0.1) is 12.2 Å². The van der Waals surface area contributed by atoms with Crippen molar-refractivity contribution in [3.05, 3.63) is 28.7 Å². The van der Waals surface area contributed by atoms with E-state index in [-0.39, 0.29) is 11.3 Å². The van der Waals surface area contributed by atoms with Crippen LogP contribution < -0.4 is 5.32 Å². The molecule has 0 saturated heterocycles. The maximum atomic E-state index is 12.1. The van der Waals surface area contributed by atoms with Crippen molar-refractivity contribution in [2.75, 3.05) is 11.9 Å². The molecular formula is C18H27NO3S. The maximum absolute atomic E-state index is 12.1. The molecule has 0 aromatic carbocycles. The number of esters is 1. The van der Waals surface area contributed by atoms with Gasteiger partial charge < -0.3 is 10.1 Å². The standard InChI is InChI=1S/C18H27NO3S/c1-7-9-15(20)19-16-13(17(21)22-8-2)10-14(23-16)12(3)11-18(4,5)6/h7,9-10,12H,8,11H2,1-6H3,(H,19,20)/b9-7+/t12-/m0/s1. The third kappa shape index (κ3) is 6.18. The molecule has 0 aliphatic heterocycles. The predicted molar refractivity (Wildman–Crippen MR) is 96.2 cm³/mol. The quantitative estimate of drug-likeness (QED) is 0.588. The molecule has 0 saturated carbocycles. The normalized spacial score (nSPS) is 13.1. The van der Waals surface area contributed by atoms with Crippen LogP contribution in [0.5, 0.6) is 0 Å². The fourth-order valence-corrected chi connectivity index (χ4v) is 3.53. The van der Waals surface area contributed by atoms with E-state index in [0.717, 1.165) is 11.3 Å². The lowest BCUT2D eigenvalue weighted by Crippen LogP contribution is -2.11. The van der Waals surface area contributed by atoms with Gasteiger partial charge in [0.1, 0.15) is 5.00 Å². The zero-order valence-corrected chi connectivity index (χ0v) is 15.7. The molecule has 1 heterocycles. The first-order valence-electron chi connectivity index (χ1n) is 7.92. The zero-order chi connectivity index (χ0) is 17.6. The molecule has 5 heteroatoms. The lowest BCUT2D eigenvalue weighted by molar-refractivity contribution is -0.111. The lowest BCUT2D eigenvalue weighted by Gasteiger charge is -2.22. The molecule has 1 aromatic rings. The summed E-state index contributed by atoms with van der Waals surface area (Å²) in [6.45, 7) is 12.6. The molecule has 0 spiro atoms. The highest BCUT2D eigenvalue weighted by atomic mass is 32.1. The summed E-state index contributed by atoms with van der Waals surface area (Å²) in [7, 11) is 0. The molecule has 0 radical (unpaired) electrons. The van der Waals surface area contributed by atoms with Crippen LogP contribution >= 0.6 is 11.3 Å². The van der Waals surface area contributed by atoms with Crippen LogP contribution in [0.3, 0.4) is 0 Å². The lowest BCUT2D eigenvalue weighted by atomic mass is 9.85. The summed E-state index contributed by atoms with van der Waals surface area (Å²) in [6, 6.07) is 1.85. The monoisotopic (exact) mass is 337 g/mol. The van der Waals surface area contributed by atoms with Crippen LogP contribution in [0.15, 0.2) is 18.2 Å². The van der Waals surface area contributed by atoms with E-state index < -0.39 is 5.97 Å². The largest absolute Gasteiger partial charge is 0.462 e. The van der Waals surface area contributed by atoms with Crippen LogP contribution in [0, 0.1) is 5.41 Å². The number of hydrogen-bond acceptors (Lipinski definition) is 4. The Labute approximate surface area is 142 Å². The molecule has 1 aromatic heterocycles. The molecule has 0 unspecified atom stereocenters. The minimum Gasteiger partial charge on any atom is -0.462 e. The molecule has 0 bridgehead atoms. The van der Waals surface area contributed by atoms with E-state index in [1.54, 1.807) is 19.9 Å². The predicted octanol–water partition coefficient (Wildman–Crippen LogP) is 4.98. The van der Waals surface area contributed by atoms with Crippen molar-refractivity contribution in [3.8, 4) is 0 Å². The van der Waals surface area contributed by atoms with Gasteiger partial charge in [0.2, 0.25) is 5.91 Å². The smallest absolute Gasteiger partial charge is 0.341 e. The third-order valence-corrected chi connectivity index (χ3v) is 4.49. The summed E-state index contributed by atoms with van der Waals surface area (Å²) in [5.41, 5.74) is 0.632. The van der Waals surface area contributed by atoms with E-state index in [4.69, 9.17) is 4.74 Å². The Kier molecular flexibility index (Phi) is 7.01. The SMILES string of the molecule is C/C=C/C(=O)Nc1sc([C@@H](C)CC(C)(C)C)cc1C(=O)OCC. The molecule has 4 nitrogen and oxygen atoms in total. The Balaban J connectivity index is 3.10. The third-order valence-electron chi connectivity index (χ3n) is 3.21. The zero-order valence-electron chi connectivity index (χ0n) is 14.9. The number of amides is 1. The number of carbonyl (C=O) groups excluding carboxylic acids is 2. The maximum Gasteiger partial charge on any atom is 0.341 e. The molecule has 128 valence electrons. The molecule has 1 amide bonds. The Morgan fingerprint density at radius 2 is 2.04 bits per heavy atom. The molecule has 1 rings (SSSR count). The van der Waals surface area contributed by atoms with Crippen LogP contribution in [-0.2, 0) is 9.53 Å². The summed E-state index contributed by atoms with van der Waals surface area (Å²) in [4.78, 5) is 25.0. The van der Waals surface area contributed by atoms with Gasteiger partial charge in [0.25, 0.3) is 0 Å². The number of rotatable bonds is 6. The van der Waals surface area contributed by atoms with Crippen molar-refractivity contribution in [3.63, 3.8) is 0 Å². The minimum absolute atomic E-state index is 0.196. The number of anilines is 1. The van der Waals surface area contributed by atoms with Crippen LogP contribution in [0.2, 0.25) is 0 Å². The molecular weight excluding hydrogens is 310 g/mol. The Morgan fingerprint density at radius 1 is 1.39 bits per heavy atom. The molecule has 23 heavy (non-hydrogen) atoms. The van der Waals surface area contributed by atoms with Crippen LogP contribution in [-0.4, -0.2) is 18.5 Å². The highest BCUT2D eigenvalue weighted by molar-refractivity contribution is 7.16. The summed E-state index contributed by atoms with van der Waals surface area (Å²) >= 11 is 1.45. The molecule has 0 fully saturated rings. The highest BCUT2D eigenvalue weighted by Crippen LogP contribution is 2.38.